The van der Waals surface area contributed by atoms with E-state index in [-0.39, 0.29) is 63.0 Å². The van der Waals surface area contributed by atoms with Crippen LogP contribution < -0.4 is 10.6 Å². The van der Waals surface area contributed by atoms with Crippen molar-refractivity contribution in [3.8, 4) is 6.07 Å². The number of amides is 2. The molecule has 9 heteroatoms. The number of hydrogen-bond donors (Lipinski definition) is 2. The molecule has 1 aliphatic heterocycles. The summed E-state index contributed by atoms with van der Waals surface area (Å²) in [5.74, 6) is 0.978. The van der Waals surface area contributed by atoms with E-state index in [1.165, 1.54) is 18.6 Å². The van der Waals surface area contributed by atoms with Gasteiger partial charge in [0.15, 0.2) is 11.6 Å². The van der Waals surface area contributed by atoms with Crippen molar-refractivity contribution < 1.29 is 19.2 Å². The van der Waals surface area contributed by atoms with Gasteiger partial charge in [0.25, 0.3) is 0 Å². The molecular formula is C41H59N3O4S2. The molecule has 1 heterocycles. The predicted molar refractivity (Wildman–Crippen MR) is 202 cm³/mol. The summed E-state index contributed by atoms with van der Waals surface area (Å²) in [5, 5.41) is 17.0. The van der Waals surface area contributed by atoms with E-state index in [0.717, 1.165) is 68.6 Å². The van der Waals surface area contributed by atoms with Crippen molar-refractivity contribution in [3.05, 3.63) is 23.3 Å². The summed E-state index contributed by atoms with van der Waals surface area (Å²) in [6.45, 7) is 16.1. The molecule has 274 valence electrons. The first kappa shape index (κ1) is 37.7. The van der Waals surface area contributed by atoms with Crippen LogP contribution in [0.1, 0.15) is 126 Å². The largest absolute Gasteiger partial charge is 0.354 e. The molecule has 1 saturated heterocycles. The van der Waals surface area contributed by atoms with E-state index in [2.05, 4.69) is 51.3 Å². The third kappa shape index (κ3) is 6.04. The van der Waals surface area contributed by atoms with Crippen LogP contribution in [0.3, 0.4) is 0 Å². The lowest BCUT2D eigenvalue weighted by Crippen LogP contribution is -2.66. The zero-order chi connectivity index (χ0) is 36.3. The first-order valence-electron chi connectivity index (χ1n) is 19.2. The van der Waals surface area contributed by atoms with E-state index in [1.54, 1.807) is 0 Å². The maximum atomic E-state index is 14.8. The Balaban J connectivity index is 1.20. The Morgan fingerprint density at radius 1 is 0.940 bits per heavy atom. The number of allylic oxidation sites excluding steroid dienone is 4. The Morgan fingerprint density at radius 2 is 1.66 bits per heavy atom. The minimum absolute atomic E-state index is 0.00430. The number of nitriles is 1. The fraction of sp³-hybridized carbons (Fsp3) is 0.780. The van der Waals surface area contributed by atoms with Crippen molar-refractivity contribution in [2.24, 2.45) is 50.2 Å². The minimum Gasteiger partial charge on any atom is -0.354 e. The van der Waals surface area contributed by atoms with Crippen molar-refractivity contribution in [3.63, 3.8) is 0 Å². The molecule has 3 saturated carbocycles. The van der Waals surface area contributed by atoms with E-state index in [0.29, 0.717) is 19.5 Å². The van der Waals surface area contributed by atoms with Gasteiger partial charge in [-0.05, 0) is 98.4 Å². The molecule has 4 fully saturated rings. The average Bonchev–Trinajstić information content (AvgIpc) is 3.58. The fourth-order valence-electron chi connectivity index (χ4n) is 11.9. The molecule has 50 heavy (non-hydrogen) atoms. The maximum absolute atomic E-state index is 14.8. The van der Waals surface area contributed by atoms with Gasteiger partial charge in [0.1, 0.15) is 6.07 Å². The highest BCUT2D eigenvalue weighted by Gasteiger charge is 2.70. The van der Waals surface area contributed by atoms with E-state index in [9.17, 15) is 24.4 Å². The molecule has 5 aliphatic carbocycles. The Bertz CT molecular complexity index is 1540. The van der Waals surface area contributed by atoms with Crippen LogP contribution in [0.25, 0.3) is 0 Å². The molecule has 0 bridgehead atoms. The van der Waals surface area contributed by atoms with Gasteiger partial charge in [-0.1, -0.05) is 88.1 Å². The van der Waals surface area contributed by atoms with Crippen molar-refractivity contribution >= 4 is 45.0 Å². The second kappa shape index (κ2) is 13.4. The quantitative estimate of drug-likeness (QED) is 0.182. The van der Waals surface area contributed by atoms with E-state index < -0.39 is 16.2 Å². The molecule has 0 aromatic carbocycles. The van der Waals surface area contributed by atoms with E-state index >= 15 is 0 Å². The lowest BCUT2D eigenvalue weighted by atomic mass is 9.34. The lowest BCUT2D eigenvalue weighted by Gasteiger charge is -2.69. The van der Waals surface area contributed by atoms with E-state index in [4.69, 9.17) is 0 Å². The Kier molecular flexibility index (Phi) is 10.1. The first-order valence-corrected chi connectivity index (χ1v) is 21.6. The summed E-state index contributed by atoms with van der Waals surface area (Å²) in [6.07, 6.45) is 14.5. The Labute approximate surface area is 308 Å². The van der Waals surface area contributed by atoms with Gasteiger partial charge in [-0.3, -0.25) is 19.2 Å². The number of unbranched alkanes of at least 4 members (excludes halogenated alkanes) is 1. The number of hydrogen-bond acceptors (Lipinski definition) is 7. The van der Waals surface area contributed by atoms with Crippen molar-refractivity contribution in [1.29, 1.82) is 5.26 Å². The molecule has 8 atom stereocenters. The van der Waals surface area contributed by atoms with Gasteiger partial charge >= 0.3 is 0 Å². The molecule has 1 unspecified atom stereocenters. The lowest BCUT2D eigenvalue weighted by molar-refractivity contribution is -0.178. The topological polar surface area (TPSA) is 116 Å². The van der Waals surface area contributed by atoms with Crippen molar-refractivity contribution in [2.45, 2.75) is 131 Å². The molecule has 0 spiro atoms. The van der Waals surface area contributed by atoms with Gasteiger partial charge in [0.2, 0.25) is 11.8 Å². The van der Waals surface area contributed by atoms with Crippen LogP contribution >= 0.6 is 21.6 Å². The van der Waals surface area contributed by atoms with Crippen LogP contribution in [0.4, 0.5) is 0 Å². The summed E-state index contributed by atoms with van der Waals surface area (Å²) in [7, 11) is 3.94. The number of carbonyl (C=O) groups excluding carboxylic acids is 4. The highest BCUT2D eigenvalue weighted by Crippen LogP contribution is 2.74. The SMILES string of the molecule is CC1(C)CC[C@]2(C(=O)NCCNC(=O)CCCC[C@@H]3CCSS3)CC[C@]3(C)[C@H](C(=O)C=C4[C@@]5(C)C=C(C#N)C(=O)C(C)(C)[C@@H]5CC[C@]43C)C2C1. The number of carbonyl (C=O) groups is 4. The van der Waals surface area contributed by atoms with Crippen molar-refractivity contribution in [2.75, 3.05) is 18.8 Å². The standard InChI is InChI=1S/C41H59N3O4S2/c1-36(2)15-17-41(35(48)44-20-19-43-32(46)11-9-8-10-27-13-21-49-50-27)18-16-40(7)33(28(41)24-36)29(45)22-31-38(5)23-26(25-42)34(47)37(3,4)30(38)12-14-39(31,40)6/h22-23,27-28,30,33H,8-21,24H2,1-7H3,(H,43,46)(H,44,48)/t27-,28?,30+,33+,38+,39-,40-,41+/m1/s1. The van der Waals surface area contributed by atoms with Gasteiger partial charge in [0.05, 0.1) is 11.0 Å². The molecule has 0 radical (unpaired) electrons. The molecule has 2 N–H and O–H groups in total. The average molecular weight is 722 g/mol. The van der Waals surface area contributed by atoms with Gasteiger partial charge < -0.3 is 10.6 Å². The van der Waals surface area contributed by atoms with Gasteiger partial charge in [-0.25, -0.2) is 0 Å². The zero-order valence-corrected chi connectivity index (χ0v) is 33.1. The summed E-state index contributed by atoms with van der Waals surface area (Å²) in [6, 6.07) is 2.19. The van der Waals surface area contributed by atoms with Gasteiger partial charge in [-0.15, -0.1) is 0 Å². The number of ketones is 2. The predicted octanol–water partition coefficient (Wildman–Crippen LogP) is 8.15. The highest BCUT2D eigenvalue weighted by molar-refractivity contribution is 8.77. The normalized spacial score (nSPS) is 39.8. The third-order valence-corrected chi connectivity index (χ3v) is 18.0. The number of Topliss-reactive ketones (excluding diaryl/α,β-unsaturated/α-hetero) is 1. The fourth-order valence-corrected chi connectivity index (χ4v) is 14.9. The molecular weight excluding hydrogens is 663 g/mol. The first-order chi connectivity index (χ1) is 23.4. The number of fused-ring (bicyclic) bond motifs is 7. The minimum atomic E-state index is -0.697. The van der Waals surface area contributed by atoms with Crippen LogP contribution in [-0.2, 0) is 19.2 Å². The molecule has 6 rings (SSSR count). The van der Waals surface area contributed by atoms with E-state index in [1.807, 2.05) is 47.6 Å². The Morgan fingerprint density at radius 3 is 2.36 bits per heavy atom. The van der Waals surface area contributed by atoms with Crippen molar-refractivity contribution in [1.82, 2.24) is 10.6 Å². The smallest absolute Gasteiger partial charge is 0.226 e. The maximum Gasteiger partial charge on any atom is 0.226 e. The van der Waals surface area contributed by atoms with Crippen LogP contribution in [0.2, 0.25) is 0 Å². The van der Waals surface area contributed by atoms with Crippen LogP contribution in [0.5, 0.6) is 0 Å². The van der Waals surface area contributed by atoms with Crippen LogP contribution in [0.15, 0.2) is 23.3 Å². The number of nitrogens with one attached hydrogen (secondary N) is 2. The number of rotatable bonds is 9. The summed E-state index contributed by atoms with van der Waals surface area (Å²) >= 11 is 0. The van der Waals surface area contributed by atoms with Crippen LogP contribution in [-0.4, -0.2) is 47.5 Å². The summed E-state index contributed by atoms with van der Waals surface area (Å²) in [5.41, 5.74) is -1.26. The second-order valence-corrected chi connectivity index (χ2v) is 21.4. The molecule has 6 aliphatic rings. The monoisotopic (exact) mass is 721 g/mol. The Hall–Kier alpha value is -2.05. The van der Waals surface area contributed by atoms with Gasteiger partial charge in [0, 0.05) is 47.3 Å². The number of nitrogens with zero attached hydrogens (tertiary/aromatic N) is 1. The summed E-state index contributed by atoms with van der Waals surface area (Å²) in [4.78, 5) is 55.1. The molecule has 0 aromatic heterocycles. The van der Waals surface area contributed by atoms with Gasteiger partial charge in [-0.2, -0.15) is 5.26 Å². The zero-order valence-electron chi connectivity index (χ0n) is 31.5. The molecule has 7 nitrogen and oxygen atoms in total. The van der Waals surface area contributed by atoms with Crippen LogP contribution in [0, 0.1) is 61.6 Å². The highest BCUT2D eigenvalue weighted by atomic mass is 33.1. The second-order valence-electron chi connectivity index (χ2n) is 18.6. The third-order valence-electron chi connectivity index (χ3n) is 15.0. The molecule has 0 aromatic rings. The summed E-state index contributed by atoms with van der Waals surface area (Å²) < 4.78 is 0. The molecule has 2 amide bonds.